The van der Waals surface area contributed by atoms with Crippen molar-refractivity contribution in [2.75, 3.05) is 30.8 Å². The first-order valence-electron chi connectivity index (χ1n) is 11.3. The van der Waals surface area contributed by atoms with E-state index in [4.69, 9.17) is 14.6 Å². The summed E-state index contributed by atoms with van der Waals surface area (Å²) < 4.78 is 11.4. The van der Waals surface area contributed by atoms with Crippen LogP contribution in [0.1, 0.15) is 12.5 Å². The van der Waals surface area contributed by atoms with Crippen LogP contribution in [0.4, 0.5) is 22.2 Å². The Hall–Kier alpha value is -4.64. The highest BCUT2D eigenvalue weighted by Gasteiger charge is 2.16. The Morgan fingerprint density at radius 3 is 2.69 bits per heavy atom. The van der Waals surface area contributed by atoms with Crippen LogP contribution in [0.25, 0.3) is 22.8 Å². The van der Waals surface area contributed by atoms with E-state index < -0.39 is 0 Å². The number of rotatable bonds is 9. The van der Waals surface area contributed by atoms with Gasteiger partial charge in [0, 0.05) is 31.4 Å². The maximum atomic E-state index is 12.2. The van der Waals surface area contributed by atoms with Crippen LogP contribution >= 0.6 is 0 Å². The van der Waals surface area contributed by atoms with E-state index in [1.165, 1.54) is 12.5 Å². The maximum absolute atomic E-state index is 12.2. The minimum absolute atomic E-state index is 0.0548. The predicted octanol–water partition coefficient (Wildman–Crippen LogP) is 3.80. The van der Waals surface area contributed by atoms with Gasteiger partial charge >= 0.3 is 6.03 Å². The summed E-state index contributed by atoms with van der Waals surface area (Å²) in [5, 5.41) is 8.64. The zero-order valence-corrected chi connectivity index (χ0v) is 19.9. The number of carbonyl (C=O) groups excluding carboxylic acids is 2. The molecule has 0 aliphatic carbocycles. The molecule has 0 bridgehead atoms. The Morgan fingerprint density at radius 1 is 1.11 bits per heavy atom. The van der Waals surface area contributed by atoms with Crippen molar-refractivity contribution in [2.24, 2.45) is 5.73 Å². The fourth-order valence-electron chi connectivity index (χ4n) is 3.57. The van der Waals surface area contributed by atoms with E-state index in [1.807, 2.05) is 31.2 Å². The minimum Gasteiger partial charge on any atom is -0.444 e. The van der Waals surface area contributed by atoms with Crippen LogP contribution in [0.15, 0.2) is 70.0 Å². The first-order valence-corrected chi connectivity index (χ1v) is 11.3. The zero-order chi connectivity index (χ0) is 25.5. The second-order valence-electron chi connectivity index (χ2n) is 7.85. The number of likely N-dealkylation sites (N-methyl/N-ethyl adjacent to an activating group) is 1. The molecule has 3 amide bonds. The summed E-state index contributed by atoms with van der Waals surface area (Å²) in [6.45, 7) is 2.64. The molecule has 0 saturated heterocycles. The number of benzene rings is 2. The van der Waals surface area contributed by atoms with Gasteiger partial charge in [-0.25, -0.2) is 14.8 Å². The Bertz CT molecular complexity index is 1330. The summed E-state index contributed by atoms with van der Waals surface area (Å²) >= 11 is 0. The summed E-state index contributed by atoms with van der Waals surface area (Å²) in [4.78, 5) is 34.2. The van der Waals surface area contributed by atoms with Crippen molar-refractivity contribution in [1.82, 2.24) is 20.2 Å². The molecule has 36 heavy (non-hydrogen) atoms. The van der Waals surface area contributed by atoms with Crippen LogP contribution in [-0.2, 0) is 11.3 Å². The van der Waals surface area contributed by atoms with Crippen molar-refractivity contribution in [3.8, 4) is 22.8 Å². The van der Waals surface area contributed by atoms with Gasteiger partial charge in [-0.1, -0.05) is 24.3 Å². The van der Waals surface area contributed by atoms with Gasteiger partial charge in [0.05, 0.1) is 30.2 Å². The van der Waals surface area contributed by atoms with Crippen molar-refractivity contribution < 1.29 is 18.4 Å². The van der Waals surface area contributed by atoms with Crippen LogP contribution in [0.5, 0.6) is 0 Å². The van der Waals surface area contributed by atoms with Crippen LogP contribution in [0, 0.1) is 0 Å². The summed E-state index contributed by atoms with van der Waals surface area (Å²) in [5.74, 6) is 0.759. The molecule has 0 fully saturated rings. The SMILES string of the molecule is CCNC(=O)Nc1cc(Nc2ncc(-c3ccccc3CN(C)C(=O)CN)o2)ccc1-c1ncco1. The van der Waals surface area contributed by atoms with Crippen LogP contribution in [-0.4, -0.2) is 46.9 Å². The molecule has 4 aromatic rings. The lowest BCUT2D eigenvalue weighted by Crippen LogP contribution is -2.32. The number of hydrogen-bond acceptors (Lipinski definition) is 8. The number of oxazole rings is 2. The van der Waals surface area contributed by atoms with Gasteiger partial charge in [-0.3, -0.25) is 4.79 Å². The number of nitrogens with two attached hydrogens (primary N) is 1. The molecule has 11 nitrogen and oxygen atoms in total. The third-order valence-corrected chi connectivity index (χ3v) is 5.32. The van der Waals surface area contributed by atoms with Crippen molar-refractivity contribution in [3.05, 3.63) is 66.7 Å². The van der Waals surface area contributed by atoms with Gasteiger partial charge in [-0.2, -0.15) is 0 Å². The van der Waals surface area contributed by atoms with Crippen LogP contribution in [0.3, 0.4) is 0 Å². The number of nitrogens with zero attached hydrogens (tertiary/aromatic N) is 3. The monoisotopic (exact) mass is 489 g/mol. The lowest BCUT2D eigenvalue weighted by molar-refractivity contribution is -0.128. The topological polar surface area (TPSA) is 152 Å². The van der Waals surface area contributed by atoms with E-state index in [1.54, 1.807) is 36.3 Å². The largest absolute Gasteiger partial charge is 0.444 e. The summed E-state index contributed by atoms with van der Waals surface area (Å²) in [7, 11) is 1.70. The lowest BCUT2D eigenvalue weighted by Gasteiger charge is -2.17. The average molecular weight is 490 g/mol. The normalized spacial score (nSPS) is 10.6. The molecule has 5 N–H and O–H groups in total. The third-order valence-electron chi connectivity index (χ3n) is 5.32. The second-order valence-corrected chi connectivity index (χ2v) is 7.85. The minimum atomic E-state index is -0.351. The molecule has 0 saturated carbocycles. The van der Waals surface area contributed by atoms with Crippen molar-refractivity contribution in [3.63, 3.8) is 0 Å². The Balaban J connectivity index is 1.57. The van der Waals surface area contributed by atoms with Gasteiger partial charge in [0.2, 0.25) is 11.8 Å². The highest BCUT2D eigenvalue weighted by Crippen LogP contribution is 2.32. The summed E-state index contributed by atoms with van der Waals surface area (Å²) in [6, 6.07) is 12.8. The quantitative estimate of drug-likeness (QED) is 0.277. The molecule has 0 aliphatic heterocycles. The molecule has 0 unspecified atom stereocenters. The molecule has 11 heteroatoms. The average Bonchev–Trinajstić information content (AvgIpc) is 3.57. The summed E-state index contributed by atoms with van der Waals surface area (Å²) in [6.07, 6.45) is 4.61. The lowest BCUT2D eigenvalue weighted by atomic mass is 10.1. The first-order chi connectivity index (χ1) is 17.5. The van der Waals surface area contributed by atoms with E-state index >= 15 is 0 Å². The van der Waals surface area contributed by atoms with Crippen LogP contribution < -0.4 is 21.7 Å². The number of carbonyl (C=O) groups is 2. The Labute approximate surface area is 207 Å². The predicted molar refractivity (Wildman–Crippen MR) is 135 cm³/mol. The van der Waals surface area contributed by atoms with Crippen molar-refractivity contribution >= 4 is 29.3 Å². The third kappa shape index (κ3) is 5.70. The molecule has 0 radical (unpaired) electrons. The zero-order valence-electron chi connectivity index (χ0n) is 19.9. The standard InChI is InChI=1S/C25H27N7O4/c1-3-27-24(34)31-20-12-17(8-9-19(20)23-28-10-11-35-23)30-25-29-14-21(36-25)18-7-5-4-6-16(18)15-32(2)22(33)13-26/h4-12,14H,3,13,15,26H2,1-2H3,(H,29,30)(H2,27,31,34). The summed E-state index contributed by atoms with van der Waals surface area (Å²) in [5.41, 5.74) is 8.94. The highest BCUT2D eigenvalue weighted by atomic mass is 16.4. The molecule has 2 heterocycles. The first kappa shape index (κ1) is 24.5. The van der Waals surface area contributed by atoms with Gasteiger partial charge in [0.1, 0.15) is 6.26 Å². The van der Waals surface area contributed by atoms with Crippen molar-refractivity contribution in [2.45, 2.75) is 13.5 Å². The Morgan fingerprint density at radius 2 is 1.94 bits per heavy atom. The van der Waals surface area contributed by atoms with E-state index in [-0.39, 0.29) is 24.5 Å². The fourth-order valence-corrected chi connectivity index (χ4v) is 3.57. The molecule has 186 valence electrons. The van der Waals surface area contributed by atoms with Gasteiger partial charge < -0.3 is 35.4 Å². The Kier molecular flexibility index (Phi) is 7.61. The number of amides is 3. The molecule has 0 spiro atoms. The molecule has 2 aromatic carbocycles. The molecular formula is C25H27N7O4. The highest BCUT2D eigenvalue weighted by molar-refractivity contribution is 5.94. The fraction of sp³-hybridized carbons (Fsp3) is 0.200. The number of nitrogens with one attached hydrogen (secondary N) is 3. The van der Waals surface area contributed by atoms with Crippen molar-refractivity contribution in [1.29, 1.82) is 0 Å². The number of aromatic nitrogens is 2. The van der Waals surface area contributed by atoms with Gasteiger partial charge in [0.25, 0.3) is 6.01 Å². The van der Waals surface area contributed by atoms with Crippen LogP contribution in [0.2, 0.25) is 0 Å². The van der Waals surface area contributed by atoms with E-state index in [0.29, 0.717) is 41.7 Å². The molecule has 2 aromatic heterocycles. The molecule has 0 atom stereocenters. The number of urea groups is 1. The molecular weight excluding hydrogens is 462 g/mol. The van der Waals surface area contributed by atoms with E-state index in [9.17, 15) is 9.59 Å². The number of anilines is 3. The van der Waals surface area contributed by atoms with E-state index in [2.05, 4.69) is 25.9 Å². The number of hydrogen-bond donors (Lipinski definition) is 4. The molecule has 0 aliphatic rings. The van der Waals surface area contributed by atoms with Gasteiger partial charge in [-0.05, 0) is 30.7 Å². The van der Waals surface area contributed by atoms with E-state index in [0.717, 1.165) is 11.1 Å². The second kappa shape index (κ2) is 11.2. The van der Waals surface area contributed by atoms with Gasteiger partial charge in [-0.15, -0.1) is 0 Å². The molecule has 4 rings (SSSR count). The van der Waals surface area contributed by atoms with Gasteiger partial charge in [0.15, 0.2) is 5.76 Å². The smallest absolute Gasteiger partial charge is 0.319 e. The maximum Gasteiger partial charge on any atom is 0.319 e.